The number of rotatable bonds is 9. The highest BCUT2D eigenvalue weighted by Gasteiger charge is 3.02. The third kappa shape index (κ3) is 4.07. The van der Waals surface area contributed by atoms with Crippen LogP contribution >= 0.6 is 0 Å². The predicted molar refractivity (Wildman–Crippen MR) is 140 cm³/mol. The van der Waals surface area contributed by atoms with E-state index in [0.29, 0.717) is 25.7 Å². The van der Waals surface area contributed by atoms with Gasteiger partial charge in [0.05, 0.1) is 17.8 Å². The summed E-state index contributed by atoms with van der Waals surface area (Å²) in [7, 11) is 0. The van der Waals surface area contributed by atoms with Crippen molar-refractivity contribution in [3.63, 3.8) is 0 Å². The van der Waals surface area contributed by atoms with E-state index in [-0.39, 0.29) is 35.2 Å². The Morgan fingerprint density at radius 1 is 1.17 bits per heavy atom. The summed E-state index contributed by atoms with van der Waals surface area (Å²) >= 11 is 0. The van der Waals surface area contributed by atoms with Crippen LogP contribution in [0.2, 0.25) is 0 Å². The third-order valence-corrected chi connectivity index (χ3v) is 11.7. The molecule has 10 nitrogen and oxygen atoms in total. The van der Waals surface area contributed by atoms with E-state index in [1.807, 2.05) is 26.1 Å². The number of alkyl halides is 3. The average molecular weight is 594 g/mol. The summed E-state index contributed by atoms with van der Waals surface area (Å²) in [6.45, 7) is 7.44. The van der Waals surface area contributed by atoms with Gasteiger partial charge in [-0.2, -0.15) is 18.4 Å². The van der Waals surface area contributed by atoms with E-state index in [1.54, 1.807) is 0 Å². The van der Waals surface area contributed by atoms with Gasteiger partial charge in [0.15, 0.2) is 0 Å². The van der Waals surface area contributed by atoms with Crippen molar-refractivity contribution in [2.45, 2.75) is 121 Å². The molecule has 6 aliphatic rings. The molecule has 0 radical (unpaired) electrons. The molecule has 2 aliphatic heterocycles. The minimum atomic E-state index is -5.21. The Kier molecular flexibility index (Phi) is 6.14. The molecule has 0 aromatic rings. The van der Waals surface area contributed by atoms with Gasteiger partial charge in [-0.1, -0.05) is 13.8 Å². The van der Waals surface area contributed by atoms with E-state index in [0.717, 1.165) is 19.3 Å². The molecule has 2 heterocycles. The smallest absolute Gasteiger partial charge is 0.370 e. The first kappa shape index (κ1) is 29.2. The van der Waals surface area contributed by atoms with Crippen molar-refractivity contribution < 1.29 is 37.1 Å². The monoisotopic (exact) mass is 593 g/mol. The van der Waals surface area contributed by atoms with Crippen molar-refractivity contribution in [1.82, 2.24) is 20.9 Å². The molecule has 1 spiro atoms. The van der Waals surface area contributed by atoms with Gasteiger partial charge in [-0.25, -0.2) is 0 Å². The second-order valence-corrected chi connectivity index (χ2v) is 14.4. The van der Waals surface area contributed by atoms with Crippen LogP contribution in [-0.4, -0.2) is 76.6 Å². The summed E-state index contributed by atoms with van der Waals surface area (Å²) in [6, 6.07) is -1.60. The standard InChI is InChI=1S/C29H38F3N5O5/c1-15(42-25(4)6-5-7-25)18(35-23(41)29(30,31)32)22(40)37-14-27-13-28(27,24(27,2)3)19(37)21(39)34-17(12-33)10-16-11-26(8-9-26)36-20(16)38/h15-19H,5-11,13-14H2,1-4H3,(H,34,39)(H,35,41)(H,36,38)/t15-,16-,17+,18+,19-,27?,28?/m1/s1. The van der Waals surface area contributed by atoms with Crippen molar-refractivity contribution in [3.05, 3.63) is 0 Å². The van der Waals surface area contributed by atoms with Gasteiger partial charge in [-0.05, 0) is 70.6 Å². The second-order valence-electron chi connectivity index (χ2n) is 14.4. The van der Waals surface area contributed by atoms with Gasteiger partial charge in [0.25, 0.3) is 0 Å². The van der Waals surface area contributed by atoms with Gasteiger partial charge in [0, 0.05) is 28.8 Å². The molecule has 13 heteroatoms. The van der Waals surface area contributed by atoms with Gasteiger partial charge in [-0.3, -0.25) is 19.2 Å². The van der Waals surface area contributed by atoms with Crippen LogP contribution in [0.15, 0.2) is 0 Å². The van der Waals surface area contributed by atoms with Crippen LogP contribution in [-0.2, 0) is 23.9 Å². The molecule has 230 valence electrons. The van der Waals surface area contributed by atoms with Crippen molar-refractivity contribution >= 4 is 23.6 Å². The number of hydrogen-bond acceptors (Lipinski definition) is 6. The lowest BCUT2D eigenvalue weighted by atomic mass is 9.80. The number of nitriles is 1. The fourth-order valence-corrected chi connectivity index (χ4v) is 8.70. The Morgan fingerprint density at radius 2 is 1.83 bits per heavy atom. The molecule has 0 aromatic carbocycles. The fraction of sp³-hybridized carbons (Fsp3) is 0.828. The first-order valence-corrected chi connectivity index (χ1v) is 14.8. The maximum Gasteiger partial charge on any atom is 0.471 e. The van der Waals surface area contributed by atoms with E-state index < -0.39 is 65.1 Å². The number of halogens is 3. The van der Waals surface area contributed by atoms with Crippen LogP contribution in [0.25, 0.3) is 0 Å². The zero-order valence-electron chi connectivity index (χ0n) is 24.3. The molecule has 7 atom stereocenters. The lowest BCUT2D eigenvalue weighted by Crippen LogP contribution is -2.63. The summed E-state index contributed by atoms with van der Waals surface area (Å²) in [5.74, 6) is -4.19. The van der Waals surface area contributed by atoms with E-state index in [4.69, 9.17) is 4.74 Å². The Balaban J connectivity index is 1.22. The van der Waals surface area contributed by atoms with Crippen molar-refractivity contribution in [2.75, 3.05) is 6.54 Å². The predicted octanol–water partition coefficient (Wildman–Crippen LogP) is 2.08. The minimum Gasteiger partial charge on any atom is -0.370 e. The number of nitrogens with one attached hydrogen (secondary N) is 3. The Hall–Kier alpha value is -2.88. The molecule has 2 saturated heterocycles. The van der Waals surface area contributed by atoms with Gasteiger partial charge in [-0.15, -0.1) is 0 Å². The molecule has 6 fully saturated rings. The van der Waals surface area contributed by atoms with E-state index >= 15 is 0 Å². The second kappa shape index (κ2) is 8.83. The highest BCUT2D eigenvalue weighted by Crippen LogP contribution is 3.00. The summed E-state index contributed by atoms with van der Waals surface area (Å²) in [6.07, 6.45) is -0.857. The Morgan fingerprint density at radius 3 is 2.33 bits per heavy atom. The fourth-order valence-electron chi connectivity index (χ4n) is 8.70. The molecule has 3 N–H and O–H groups in total. The Labute approximate surface area is 242 Å². The topological polar surface area (TPSA) is 141 Å². The number of piperidine rings is 2. The maximum absolute atomic E-state index is 14.0. The van der Waals surface area contributed by atoms with Crippen molar-refractivity contribution in [3.8, 4) is 6.07 Å². The molecule has 4 amide bonds. The number of hydrogen-bond donors (Lipinski definition) is 3. The van der Waals surface area contributed by atoms with Gasteiger partial charge < -0.3 is 25.6 Å². The average Bonchev–Trinajstić information content (AvgIpc) is 3.79. The van der Waals surface area contributed by atoms with Gasteiger partial charge >= 0.3 is 12.1 Å². The lowest BCUT2D eigenvalue weighted by molar-refractivity contribution is -0.180. The zero-order valence-corrected chi connectivity index (χ0v) is 24.3. The summed E-state index contributed by atoms with van der Waals surface area (Å²) in [5.41, 5.74) is -2.00. The van der Waals surface area contributed by atoms with E-state index in [1.165, 1.54) is 11.8 Å². The molecule has 2 unspecified atom stereocenters. The third-order valence-electron chi connectivity index (χ3n) is 11.7. The van der Waals surface area contributed by atoms with Crippen molar-refractivity contribution in [2.24, 2.45) is 22.2 Å². The lowest BCUT2D eigenvalue weighted by Gasteiger charge is -2.44. The van der Waals surface area contributed by atoms with Crippen LogP contribution < -0.4 is 16.0 Å². The first-order valence-electron chi connectivity index (χ1n) is 14.8. The molecular weight excluding hydrogens is 555 g/mol. The molecule has 4 aliphatic carbocycles. The number of carbonyl (C=O) groups is 4. The Bertz CT molecular complexity index is 1290. The quantitative estimate of drug-likeness (QED) is 0.374. The van der Waals surface area contributed by atoms with Crippen LogP contribution in [0.5, 0.6) is 0 Å². The SMILES string of the molecule is C[C@@H](OC1(C)CCC1)[C@H](NC(=O)C(F)(F)F)C(=O)N1CC23CC2([C@H]1C(=O)N[C@H](C#N)C[C@@H]1CC2(CC2)NC1=O)C3(C)C. The molecule has 0 bridgehead atoms. The van der Waals surface area contributed by atoms with E-state index in [2.05, 4.69) is 16.7 Å². The highest BCUT2D eigenvalue weighted by molar-refractivity contribution is 5.96. The minimum absolute atomic E-state index is 0.131. The molecule has 6 rings (SSSR count). The van der Waals surface area contributed by atoms with Crippen LogP contribution in [0.3, 0.4) is 0 Å². The normalized spacial score (nSPS) is 35.9. The summed E-state index contributed by atoms with van der Waals surface area (Å²) in [4.78, 5) is 53.7. The zero-order chi connectivity index (χ0) is 30.7. The van der Waals surface area contributed by atoms with Crippen LogP contribution in [0, 0.1) is 33.5 Å². The maximum atomic E-state index is 14.0. The summed E-state index contributed by atoms with van der Waals surface area (Å²) in [5, 5.41) is 17.4. The molecular formula is C29H38F3N5O5. The molecule has 42 heavy (non-hydrogen) atoms. The number of likely N-dealkylation sites (tertiary alicyclic amines) is 1. The largest absolute Gasteiger partial charge is 0.471 e. The van der Waals surface area contributed by atoms with Crippen molar-refractivity contribution in [1.29, 1.82) is 5.26 Å². The molecule has 4 saturated carbocycles. The number of ether oxygens (including phenoxy) is 1. The van der Waals surface area contributed by atoms with E-state index in [9.17, 15) is 37.6 Å². The highest BCUT2D eigenvalue weighted by atomic mass is 19.4. The van der Waals surface area contributed by atoms with Gasteiger partial charge in [0.1, 0.15) is 18.1 Å². The first-order chi connectivity index (χ1) is 19.4. The summed E-state index contributed by atoms with van der Waals surface area (Å²) < 4.78 is 45.9. The van der Waals surface area contributed by atoms with Crippen LogP contribution in [0.4, 0.5) is 13.2 Å². The van der Waals surface area contributed by atoms with Gasteiger partial charge in [0.2, 0.25) is 17.7 Å². The number of amides is 4. The molecule has 0 aromatic heterocycles. The number of carbonyl (C=O) groups excluding carboxylic acids is 4. The van der Waals surface area contributed by atoms with Crippen LogP contribution in [0.1, 0.15) is 79.1 Å². The number of nitrogens with zero attached hydrogens (tertiary/aromatic N) is 2.